The molecule has 2 N–H and O–H groups in total. The summed E-state index contributed by atoms with van der Waals surface area (Å²) in [5, 5.41) is 12.6. The topological polar surface area (TPSA) is 66.4 Å². The molecule has 2 rings (SSSR count). The maximum absolute atomic E-state index is 11.5. The van der Waals surface area contributed by atoms with Crippen molar-refractivity contribution in [2.45, 2.75) is 44.2 Å². The lowest BCUT2D eigenvalue weighted by Gasteiger charge is -2.28. The molecule has 1 heterocycles. The van der Waals surface area contributed by atoms with Gasteiger partial charge in [-0.15, -0.1) is 0 Å². The summed E-state index contributed by atoms with van der Waals surface area (Å²) in [5.41, 5.74) is 0. The van der Waals surface area contributed by atoms with Gasteiger partial charge in [0.1, 0.15) is 0 Å². The van der Waals surface area contributed by atoms with E-state index in [1.807, 2.05) is 0 Å². The molecule has 0 bridgehead atoms. The largest absolute Gasteiger partial charge is 0.396 e. The van der Waals surface area contributed by atoms with Crippen molar-refractivity contribution in [3.63, 3.8) is 0 Å². The third-order valence-corrected chi connectivity index (χ3v) is 5.63. The lowest BCUT2D eigenvalue weighted by atomic mass is 10.0. The molecule has 0 spiro atoms. The van der Waals surface area contributed by atoms with Gasteiger partial charge in [-0.1, -0.05) is 6.42 Å². The van der Waals surface area contributed by atoms with Gasteiger partial charge in [-0.25, -0.2) is 8.42 Å². The van der Waals surface area contributed by atoms with Gasteiger partial charge in [0.15, 0.2) is 9.84 Å². The Balaban J connectivity index is 1.89. The number of aliphatic hydroxyl groups is 1. The van der Waals surface area contributed by atoms with E-state index in [9.17, 15) is 13.5 Å². The van der Waals surface area contributed by atoms with Gasteiger partial charge in [0.05, 0.1) is 11.5 Å². The van der Waals surface area contributed by atoms with Gasteiger partial charge in [-0.05, 0) is 31.6 Å². The molecule has 1 saturated carbocycles. The van der Waals surface area contributed by atoms with Gasteiger partial charge in [0.2, 0.25) is 0 Å². The third kappa shape index (κ3) is 2.96. The molecular weight excluding hydrogens is 226 g/mol. The number of rotatable bonds is 3. The van der Waals surface area contributed by atoms with Crippen molar-refractivity contribution in [2.24, 2.45) is 5.92 Å². The summed E-state index contributed by atoms with van der Waals surface area (Å²) in [4.78, 5) is 0. The Labute approximate surface area is 97.3 Å². The number of nitrogens with one attached hydrogen (secondary N) is 1. The molecule has 2 aliphatic rings. The van der Waals surface area contributed by atoms with Crippen LogP contribution < -0.4 is 5.32 Å². The average molecular weight is 247 g/mol. The molecular formula is C11H21NO3S. The number of hydrogen-bond donors (Lipinski definition) is 2. The quantitative estimate of drug-likeness (QED) is 0.753. The molecule has 0 aromatic heterocycles. The fourth-order valence-electron chi connectivity index (χ4n) is 2.93. The third-order valence-electron chi connectivity index (χ3n) is 3.81. The summed E-state index contributed by atoms with van der Waals surface area (Å²) in [5.74, 6) is 0.950. The minimum atomic E-state index is -2.82. The monoisotopic (exact) mass is 247 g/mol. The van der Waals surface area contributed by atoms with E-state index < -0.39 is 9.84 Å². The first-order valence-corrected chi connectivity index (χ1v) is 8.00. The smallest absolute Gasteiger partial charge is 0.151 e. The second kappa shape index (κ2) is 5.02. The van der Waals surface area contributed by atoms with Gasteiger partial charge in [-0.3, -0.25) is 0 Å². The second-order valence-electron chi connectivity index (χ2n) is 5.10. The molecule has 1 aliphatic carbocycles. The molecule has 1 aliphatic heterocycles. The Hall–Kier alpha value is -0.130. The molecule has 94 valence electrons. The Kier molecular flexibility index (Phi) is 3.87. The van der Waals surface area contributed by atoms with Gasteiger partial charge < -0.3 is 10.4 Å². The van der Waals surface area contributed by atoms with Crippen molar-refractivity contribution in [2.75, 3.05) is 18.1 Å². The lowest BCUT2D eigenvalue weighted by Crippen LogP contribution is -2.47. The Morgan fingerprint density at radius 2 is 2.00 bits per heavy atom. The first-order chi connectivity index (χ1) is 7.61. The van der Waals surface area contributed by atoms with Crippen LogP contribution >= 0.6 is 0 Å². The molecule has 0 radical (unpaired) electrons. The molecule has 16 heavy (non-hydrogen) atoms. The van der Waals surface area contributed by atoms with Crippen LogP contribution in [0.5, 0.6) is 0 Å². The predicted octanol–water partition coefficient (Wildman–Crippen LogP) is 0.314. The Bertz CT molecular complexity index is 328. The lowest BCUT2D eigenvalue weighted by molar-refractivity contribution is 0.199. The zero-order valence-corrected chi connectivity index (χ0v) is 10.4. The van der Waals surface area contributed by atoms with Crippen molar-refractivity contribution < 1.29 is 13.5 Å². The van der Waals surface area contributed by atoms with E-state index in [0.717, 1.165) is 32.1 Å². The van der Waals surface area contributed by atoms with Crippen LogP contribution in [0.4, 0.5) is 0 Å². The minimum Gasteiger partial charge on any atom is -0.396 e. The fraction of sp³-hybridized carbons (Fsp3) is 1.00. The van der Waals surface area contributed by atoms with E-state index in [1.165, 1.54) is 0 Å². The average Bonchev–Trinajstić information content (AvgIpc) is 2.63. The molecule has 0 aromatic rings. The zero-order valence-electron chi connectivity index (χ0n) is 9.56. The summed E-state index contributed by atoms with van der Waals surface area (Å²) in [6.07, 6.45) is 5.00. The van der Waals surface area contributed by atoms with Crippen LogP contribution in [0, 0.1) is 5.92 Å². The molecule has 3 atom stereocenters. The van der Waals surface area contributed by atoms with E-state index in [4.69, 9.17) is 0 Å². The highest BCUT2D eigenvalue weighted by molar-refractivity contribution is 7.91. The second-order valence-corrected chi connectivity index (χ2v) is 7.33. The van der Waals surface area contributed by atoms with Gasteiger partial charge >= 0.3 is 0 Å². The summed E-state index contributed by atoms with van der Waals surface area (Å²) >= 11 is 0. The van der Waals surface area contributed by atoms with E-state index in [1.54, 1.807) is 0 Å². The van der Waals surface area contributed by atoms with Gasteiger partial charge in [-0.2, -0.15) is 0 Å². The van der Waals surface area contributed by atoms with Gasteiger partial charge in [0, 0.05) is 18.7 Å². The van der Waals surface area contributed by atoms with Crippen LogP contribution in [-0.2, 0) is 9.84 Å². The maximum atomic E-state index is 11.5. The Morgan fingerprint density at radius 1 is 1.19 bits per heavy atom. The fourth-order valence-corrected chi connectivity index (χ4v) is 4.58. The van der Waals surface area contributed by atoms with Crippen molar-refractivity contribution in [3.8, 4) is 0 Å². The van der Waals surface area contributed by atoms with E-state index >= 15 is 0 Å². The highest BCUT2D eigenvalue weighted by atomic mass is 32.2. The number of sulfone groups is 1. The van der Waals surface area contributed by atoms with Crippen molar-refractivity contribution in [3.05, 3.63) is 0 Å². The molecule has 1 saturated heterocycles. The first kappa shape index (κ1) is 12.3. The molecule has 5 heteroatoms. The van der Waals surface area contributed by atoms with Crippen molar-refractivity contribution in [1.29, 1.82) is 0 Å². The summed E-state index contributed by atoms with van der Waals surface area (Å²) in [7, 11) is -2.82. The molecule has 0 amide bonds. The molecule has 2 fully saturated rings. The van der Waals surface area contributed by atoms with E-state index in [-0.39, 0.29) is 18.4 Å². The van der Waals surface area contributed by atoms with Crippen LogP contribution in [0.15, 0.2) is 0 Å². The van der Waals surface area contributed by atoms with Crippen LogP contribution in [0.3, 0.4) is 0 Å². The maximum Gasteiger partial charge on any atom is 0.151 e. The summed E-state index contributed by atoms with van der Waals surface area (Å²) < 4.78 is 23.0. The molecule has 4 nitrogen and oxygen atoms in total. The van der Waals surface area contributed by atoms with E-state index in [2.05, 4.69) is 5.32 Å². The van der Waals surface area contributed by atoms with E-state index in [0.29, 0.717) is 17.7 Å². The number of aliphatic hydroxyl groups excluding tert-OH is 1. The van der Waals surface area contributed by atoms with Crippen LogP contribution in [0.2, 0.25) is 0 Å². The minimum absolute atomic E-state index is 0.107. The summed E-state index contributed by atoms with van der Waals surface area (Å²) in [6, 6.07) is 0.430. The van der Waals surface area contributed by atoms with Crippen LogP contribution in [-0.4, -0.2) is 43.7 Å². The molecule has 3 unspecified atom stereocenters. The standard InChI is InChI=1S/C11H21NO3S/c13-7-9-3-1-5-11(9)12-10-4-2-6-16(14,15)8-10/h9-13H,1-8H2. The highest BCUT2D eigenvalue weighted by Crippen LogP contribution is 2.26. The Morgan fingerprint density at radius 3 is 2.69 bits per heavy atom. The van der Waals surface area contributed by atoms with Crippen LogP contribution in [0.25, 0.3) is 0 Å². The van der Waals surface area contributed by atoms with Crippen molar-refractivity contribution >= 4 is 9.84 Å². The normalized spacial score (nSPS) is 38.7. The first-order valence-electron chi connectivity index (χ1n) is 6.18. The number of hydrogen-bond acceptors (Lipinski definition) is 4. The summed E-state index contributed by atoms with van der Waals surface area (Å²) in [6.45, 7) is 0.219. The molecule has 0 aromatic carbocycles. The predicted molar refractivity (Wildman–Crippen MR) is 63.0 cm³/mol. The SMILES string of the molecule is O=S1(=O)CCCC(NC2CCCC2CO)C1. The van der Waals surface area contributed by atoms with Crippen LogP contribution in [0.1, 0.15) is 32.1 Å². The van der Waals surface area contributed by atoms with Crippen molar-refractivity contribution in [1.82, 2.24) is 5.32 Å². The van der Waals surface area contributed by atoms with Gasteiger partial charge in [0.25, 0.3) is 0 Å². The highest BCUT2D eigenvalue weighted by Gasteiger charge is 2.31. The zero-order chi connectivity index (χ0) is 11.6.